The number of nitrogens with one attached hydrogen (secondary N) is 1. The van der Waals surface area contributed by atoms with Crippen LogP contribution in [0, 0.1) is 5.41 Å². The van der Waals surface area contributed by atoms with Gasteiger partial charge >= 0.3 is 0 Å². The fourth-order valence-corrected chi connectivity index (χ4v) is 2.71. The zero-order valence-electron chi connectivity index (χ0n) is 11.8. The van der Waals surface area contributed by atoms with Gasteiger partial charge in [-0.25, -0.2) is 9.12 Å². The van der Waals surface area contributed by atoms with Crippen molar-refractivity contribution in [3.63, 3.8) is 0 Å². The van der Waals surface area contributed by atoms with Crippen LogP contribution in [-0.2, 0) is 0 Å². The highest BCUT2D eigenvalue weighted by atomic mass is 32.2. The molecule has 1 aliphatic carbocycles. The highest BCUT2D eigenvalue weighted by Gasteiger charge is 2.35. The van der Waals surface area contributed by atoms with Gasteiger partial charge in [0.25, 0.3) is 0 Å². The summed E-state index contributed by atoms with van der Waals surface area (Å²) >= 11 is 1.47. The van der Waals surface area contributed by atoms with Gasteiger partial charge < -0.3 is 0 Å². The molecule has 0 saturated heterocycles. The van der Waals surface area contributed by atoms with E-state index in [4.69, 9.17) is 0 Å². The fraction of sp³-hybridized carbons (Fsp3) is 0.643. The Balaban J connectivity index is 0.000000686. The highest BCUT2D eigenvalue weighted by molar-refractivity contribution is 7.96. The van der Waals surface area contributed by atoms with Crippen LogP contribution in [0.4, 0.5) is 0 Å². The number of hydrogen-bond donors (Lipinski definition) is 1. The Bertz CT molecular complexity index is 364. The average molecular weight is 252 g/mol. The number of fused-ring (bicyclic) bond motifs is 1. The number of allylic oxidation sites excluding steroid dienone is 2. The first-order chi connectivity index (χ1) is 8.06. The summed E-state index contributed by atoms with van der Waals surface area (Å²) in [4.78, 5) is 0. The van der Waals surface area contributed by atoms with Crippen molar-refractivity contribution >= 4 is 17.8 Å². The van der Waals surface area contributed by atoms with Crippen molar-refractivity contribution in [2.75, 3.05) is 0 Å². The molecule has 1 unspecified atom stereocenters. The fourth-order valence-electron chi connectivity index (χ4n) is 1.96. The molecule has 1 N–H and O–H groups in total. The van der Waals surface area contributed by atoms with Crippen molar-refractivity contribution in [3.8, 4) is 0 Å². The smallest absolute Gasteiger partial charge is 0.0838 e. The van der Waals surface area contributed by atoms with E-state index < -0.39 is 0 Å². The lowest BCUT2D eigenvalue weighted by Crippen LogP contribution is -2.38. The maximum Gasteiger partial charge on any atom is 0.0838 e. The Hall–Kier alpha value is -0.540. The summed E-state index contributed by atoms with van der Waals surface area (Å²) in [6.07, 6.45) is 5.61. The van der Waals surface area contributed by atoms with Gasteiger partial charge in [0.2, 0.25) is 0 Å². The summed E-state index contributed by atoms with van der Waals surface area (Å²) in [5.41, 5.74) is 4.20. The molecule has 3 heteroatoms. The first-order valence-corrected chi connectivity index (χ1v) is 7.22. The summed E-state index contributed by atoms with van der Waals surface area (Å²) < 4.78 is 7.83. The van der Waals surface area contributed by atoms with Crippen molar-refractivity contribution in [3.05, 3.63) is 23.3 Å². The van der Waals surface area contributed by atoms with Gasteiger partial charge in [-0.2, -0.15) is 0 Å². The second-order valence-corrected chi connectivity index (χ2v) is 5.43. The molecular weight excluding hydrogens is 228 g/mol. The standard InChI is InChI=1S/C12H18N2S.C2H6/c1-5-12(3,4)9-7-6-8(2)10-11(9)14-15-13-10;1-2/h6-7,11,14H,5H2,1-4H3;1-2H3. The van der Waals surface area contributed by atoms with E-state index in [0.717, 1.165) is 6.42 Å². The Morgan fingerprint density at radius 1 is 1.35 bits per heavy atom. The molecule has 0 aromatic carbocycles. The van der Waals surface area contributed by atoms with Crippen molar-refractivity contribution in [1.82, 2.24) is 4.72 Å². The molecule has 0 amide bonds. The molecule has 1 heterocycles. The molecule has 0 radical (unpaired) electrons. The first kappa shape index (κ1) is 14.5. The highest BCUT2D eigenvalue weighted by Crippen LogP contribution is 2.38. The van der Waals surface area contributed by atoms with Crippen LogP contribution in [0.3, 0.4) is 0 Å². The van der Waals surface area contributed by atoms with Crippen molar-refractivity contribution in [2.24, 2.45) is 9.81 Å². The molecule has 0 aromatic rings. The molecule has 1 aliphatic heterocycles. The van der Waals surface area contributed by atoms with Crippen LogP contribution in [0.15, 0.2) is 27.7 Å². The molecule has 0 spiro atoms. The van der Waals surface area contributed by atoms with Gasteiger partial charge in [-0.15, -0.1) is 0 Å². The zero-order chi connectivity index (χ0) is 13.1. The Morgan fingerprint density at radius 3 is 2.59 bits per heavy atom. The third kappa shape index (κ3) is 2.83. The third-order valence-electron chi connectivity index (χ3n) is 3.48. The van der Waals surface area contributed by atoms with E-state index in [-0.39, 0.29) is 5.41 Å². The van der Waals surface area contributed by atoms with Crippen molar-refractivity contribution in [1.29, 1.82) is 0 Å². The molecule has 2 rings (SSSR count). The van der Waals surface area contributed by atoms with Gasteiger partial charge in [-0.05, 0) is 29.9 Å². The van der Waals surface area contributed by atoms with Gasteiger partial charge in [0.15, 0.2) is 0 Å². The average Bonchev–Trinajstić information content (AvgIpc) is 2.81. The lowest BCUT2D eigenvalue weighted by molar-refractivity contribution is 0.411. The molecule has 0 aromatic heterocycles. The Labute approximate surface area is 110 Å². The maximum atomic E-state index is 4.45. The van der Waals surface area contributed by atoms with Crippen molar-refractivity contribution < 1.29 is 0 Å². The van der Waals surface area contributed by atoms with E-state index in [1.165, 1.54) is 29.0 Å². The summed E-state index contributed by atoms with van der Waals surface area (Å²) in [7, 11) is 0. The van der Waals surface area contributed by atoms with E-state index >= 15 is 0 Å². The summed E-state index contributed by atoms with van der Waals surface area (Å²) in [6, 6.07) is 0.329. The quantitative estimate of drug-likeness (QED) is 0.741. The minimum Gasteiger partial charge on any atom is -0.231 e. The molecular formula is C14H24N2S. The Kier molecular flexibility index (Phi) is 5.02. The minimum atomic E-state index is 0.251. The molecule has 0 fully saturated rings. The van der Waals surface area contributed by atoms with E-state index in [0.29, 0.717) is 6.04 Å². The Morgan fingerprint density at radius 2 is 2.00 bits per heavy atom. The van der Waals surface area contributed by atoms with Gasteiger partial charge in [0.1, 0.15) is 0 Å². The SMILES string of the molecule is CC.CCC(C)(C)C1=CC=C(C)C2=NSNC12. The van der Waals surface area contributed by atoms with Crippen LogP contribution < -0.4 is 4.72 Å². The first-order valence-electron chi connectivity index (χ1n) is 6.45. The predicted molar refractivity (Wildman–Crippen MR) is 79.2 cm³/mol. The zero-order valence-corrected chi connectivity index (χ0v) is 12.6. The molecule has 2 nitrogen and oxygen atoms in total. The van der Waals surface area contributed by atoms with E-state index in [1.54, 1.807) is 0 Å². The van der Waals surface area contributed by atoms with Gasteiger partial charge in [0.05, 0.1) is 23.9 Å². The predicted octanol–water partition coefficient (Wildman–Crippen LogP) is 4.31. The molecule has 17 heavy (non-hydrogen) atoms. The number of rotatable bonds is 2. The van der Waals surface area contributed by atoms with Gasteiger partial charge in [0, 0.05) is 0 Å². The van der Waals surface area contributed by atoms with E-state index in [2.05, 4.69) is 49.0 Å². The number of nitrogens with zero attached hydrogens (tertiary/aromatic N) is 1. The molecule has 0 bridgehead atoms. The van der Waals surface area contributed by atoms with Gasteiger partial charge in [-0.3, -0.25) is 0 Å². The van der Waals surface area contributed by atoms with Crippen LogP contribution >= 0.6 is 12.1 Å². The normalized spacial score (nSPS) is 22.9. The molecule has 2 aliphatic rings. The van der Waals surface area contributed by atoms with Crippen LogP contribution in [-0.4, -0.2) is 11.8 Å². The molecule has 96 valence electrons. The molecule has 1 atom stereocenters. The van der Waals surface area contributed by atoms with Crippen LogP contribution in [0.25, 0.3) is 0 Å². The monoisotopic (exact) mass is 252 g/mol. The van der Waals surface area contributed by atoms with E-state index in [1.807, 2.05) is 13.8 Å². The van der Waals surface area contributed by atoms with Crippen molar-refractivity contribution in [2.45, 2.75) is 54.0 Å². The van der Waals surface area contributed by atoms with Crippen LogP contribution in [0.5, 0.6) is 0 Å². The van der Waals surface area contributed by atoms with E-state index in [9.17, 15) is 0 Å². The second kappa shape index (κ2) is 5.87. The van der Waals surface area contributed by atoms with Crippen LogP contribution in [0.2, 0.25) is 0 Å². The molecule has 0 saturated carbocycles. The summed E-state index contributed by atoms with van der Waals surface area (Å²) in [6.45, 7) is 13.0. The van der Waals surface area contributed by atoms with Gasteiger partial charge in [-0.1, -0.05) is 46.8 Å². The lowest BCUT2D eigenvalue weighted by atomic mass is 9.74. The maximum absolute atomic E-state index is 4.45. The topological polar surface area (TPSA) is 24.4 Å². The summed E-state index contributed by atoms with van der Waals surface area (Å²) in [5.74, 6) is 0. The largest absolute Gasteiger partial charge is 0.231 e. The lowest BCUT2D eigenvalue weighted by Gasteiger charge is -2.33. The van der Waals surface area contributed by atoms with Crippen LogP contribution in [0.1, 0.15) is 48.0 Å². The minimum absolute atomic E-state index is 0.251. The second-order valence-electron chi connectivity index (χ2n) is 4.83. The number of hydrogen-bond acceptors (Lipinski definition) is 3. The third-order valence-corrected chi connectivity index (χ3v) is 4.11. The summed E-state index contributed by atoms with van der Waals surface area (Å²) in [5, 5.41) is 0.